The molecule has 1 fully saturated rings. The van der Waals surface area contributed by atoms with Gasteiger partial charge in [-0.15, -0.1) is 0 Å². The molecule has 91 heavy (non-hydrogen) atoms. The summed E-state index contributed by atoms with van der Waals surface area (Å²) in [5.41, 5.74) is 0. The molecule has 0 bridgehead atoms. The molecule has 0 aromatic carbocycles. The van der Waals surface area contributed by atoms with Crippen LogP contribution < -0.4 is 5.32 Å². The number of allylic oxidation sites excluding steroid dienone is 1. The lowest BCUT2D eigenvalue weighted by atomic mass is 9.99. The molecule has 1 saturated heterocycles. The molecule has 6 N–H and O–H groups in total. The van der Waals surface area contributed by atoms with Crippen molar-refractivity contribution in [2.75, 3.05) is 19.8 Å². The maximum absolute atomic E-state index is 13.0. The molecule has 7 unspecified atom stereocenters. The number of aliphatic hydroxyl groups excluding tert-OH is 5. The highest BCUT2D eigenvalue weighted by Crippen LogP contribution is 2.24. The number of ether oxygens (including phenoxy) is 3. The lowest BCUT2D eigenvalue weighted by Gasteiger charge is -2.40. The Morgan fingerprint density at radius 3 is 1.02 bits per heavy atom. The highest BCUT2D eigenvalue weighted by atomic mass is 16.7. The molecular weight excluding hydrogens is 1130 g/mol. The lowest BCUT2D eigenvalue weighted by molar-refractivity contribution is -0.302. The molecule has 0 aromatic heterocycles. The van der Waals surface area contributed by atoms with Crippen LogP contribution in [0.15, 0.2) is 12.2 Å². The minimum Gasteiger partial charge on any atom is -0.466 e. The van der Waals surface area contributed by atoms with Gasteiger partial charge in [0.05, 0.1) is 32.0 Å². The molecule has 0 aromatic rings. The first-order valence-electron chi connectivity index (χ1n) is 40.5. The summed E-state index contributed by atoms with van der Waals surface area (Å²) in [5.74, 6) is -0.154. The Bertz CT molecular complexity index is 1510. The number of hydrogen-bond donors (Lipinski definition) is 6. The van der Waals surface area contributed by atoms with Crippen molar-refractivity contribution in [3.8, 4) is 0 Å². The van der Waals surface area contributed by atoms with E-state index >= 15 is 0 Å². The van der Waals surface area contributed by atoms with E-state index in [-0.39, 0.29) is 18.5 Å². The van der Waals surface area contributed by atoms with Crippen LogP contribution in [0, 0.1) is 0 Å². The highest BCUT2D eigenvalue weighted by molar-refractivity contribution is 5.76. The molecular formula is C80H155NO10. The minimum absolute atomic E-state index is 0.0215. The van der Waals surface area contributed by atoms with Gasteiger partial charge in [-0.2, -0.15) is 0 Å². The van der Waals surface area contributed by atoms with Crippen molar-refractivity contribution in [1.29, 1.82) is 0 Å². The number of amides is 1. The molecule has 540 valence electrons. The van der Waals surface area contributed by atoms with Crippen LogP contribution in [0.3, 0.4) is 0 Å². The van der Waals surface area contributed by atoms with Gasteiger partial charge in [0, 0.05) is 12.8 Å². The molecule has 1 heterocycles. The van der Waals surface area contributed by atoms with Crippen molar-refractivity contribution in [3.05, 3.63) is 12.2 Å². The number of carbonyl (C=O) groups excluding carboxylic acids is 2. The average Bonchev–Trinajstić information content (AvgIpc) is 3.02. The summed E-state index contributed by atoms with van der Waals surface area (Å²) in [6.07, 6.45) is 78.4. The SMILES string of the molecule is CCCCCCCCCC/C=C/C(O)C(COC1OC(CO)C(O)C(O)C1O)NC(=O)CCCCCCCCCCCCCCCCCCCCCCCCCCCCCCCCCCCCCOC(=O)CCCCCCCCCCCCCCCCCCCC. The highest BCUT2D eigenvalue weighted by Gasteiger charge is 2.44. The predicted molar refractivity (Wildman–Crippen MR) is 385 cm³/mol. The molecule has 1 aliphatic heterocycles. The van der Waals surface area contributed by atoms with Crippen LogP contribution in [0.25, 0.3) is 0 Å². The maximum Gasteiger partial charge on any atom is 0.305 e. The van der Waals surface area contributed by atoms with Crippen LogP contribution in [-0.2, 0) is 23.8 Å². The van der Waals surface area contributed by atoms with E-state index in [2.05, 4.69) is 19.2 Å². The molecule has 1 aliphatic rings. The summed E-state index contributed by atoms with van der Waals surface area (Å²) in [5, 5.41) is 54.4. The van der Waals surface area contributed by atoms with E-state index in [9.17, 15) is 35.1 Å². The van der Waals surface area contributed by atoms with Crippen LogP contribution >= 0.6 is 0 Å². The van der Waals surface area contributed by atoms with Crippen molar-refractivity contribution in [3.63, 3.8) is 0 Å². The van der Waals surface area contributed by atoms with Gasteiger partial charge < -0.3 is 45.1 Å². The summed E-state index contributed by atoms with van der Waals surface area (Å²) >= 11 is 0. The summed E-state index contributed by atoms with van der Waals surface area (Å²) < 4.78 is 16.8. The predicted octanol–water partition coefficient (Wildman–Crippen LogP) is 21.8. The molecule has 11 nitrogen and oxygen atoms in total. The number of esters is 1. The van der Waals surface area contributed by atoms with Crippen molar-refractivity contribution < 1.29 is 49.3 Å². The minimum atomic E-state index is -1.57. The monoisotopic (exact) mass is 1290 g/mol. The number of hydrogen-bond acceptors (Lipinski definition) is 10. The summed E-state index contributed by atoms with van der Waals surface area (Å²) in [7, 11) is 0. The standard InChI is InChI=1S/C80H155NO10/c1-3-5-7-9-11-13-15-16-17-18-39-42-45-48-52-56-60-64-68-76(85)89-69-65-61-57-53-49-46-43-40-37-35-33-31-29-27-25-23-21-19-20-22-24-26-28-30-32-34-36-38-41-44-47-51-55-59-63-67-75(84)81-72(71-90-80-79(88)78(87)77(86)74(70-82)91-80)73(83)66-62-58-54-50-14-12-10-8-6-4-2/h62,66,72-74,77-80,82-83,86-88H,3-61,63-65,67-71H2,1-2H3,(H,81,84)/b66-62+. The van der Waals surface area contributed by atoms with E-state index in [1.54, 1.807) is 6.08 Å². The first-order chi connectivity index (χ1) is 44.7. The van der Waals surface area contributed by atoms with E-state index in [1.165, 1.54) is 347 Å². The zero-order valence-electron chi connectivity index (χ0n) is 60.3. The van der Waals surface area contributed by atoms with E-state index in [0.717, 1.165) is 51.4 Å². The first kappa shape index (κ1) is 87.4. The second kappa shape index (κ2) is 69.7. The molecule has 7 atom stereocenters. The van der Waals surface area contributed by atoms with Gasteiger partial charge in [0.25, 0.3) is 0 Å². The van der Waals surface area contributed by atoms with Crippen molar-refractivity contribution >= 4 is 11.9 Å². The average molecular weight is 1290 g/mol. The third kappa shape index (κ3) is 58.3. The van der Waals surface area contributed by atoms with Crippen molar-refractivity contribution in [1.82, 2.24) is 5.32 Å². The van der Waals surface area contributed by atoms with Gasteiger partial charge >= 0.3 is 5.97 Å². The van der Waals surface area contributed by atoms with Crippen LogP contribution in [0.1, 0.15) is 425 Å². The third-order valence-electron chi connectivity index (χ3n) is 19.7. The Kier molecular flexibility index (Phi) is 67.0. The van der Waals surface area contributed by atoms with Gasteiger partial charge in [0.1, 0.15) is 24.4 Å². The van der Waals surface area contributed by atoms with E-state index in [1.807, 2.05) is 6.08 Å². The van der Waals surface area contributed by atoms with Crippen LogP contribution in [-0.4, -0.2) is 100 Å². The molecule has 1 rings (SSSR count). The fourth-order valence-corrected chi connectivity index (χ4v) is 13.3. The van der Waals surface area contributed by atoms with Gasteiger partial charge in [-0.3, -0.25) is 9.59 Å². The number of carbonyl (C=O) groups is 2. The number of nitrogens with one attached hydrogen (secondary N) is 1. The zero-order chi connectivity index (χ0) is 65.8. The van der Waals surface area contributed by atoms with Crippen LogP contribution in [0.4, 0.5) is 0 Å². The normalized spacial score (nSPS) is 17.5. The fraction of sp³-hybridized carbons (Fsp3) is 0.950. The quantitative estimate of drug-likeness (QED) is 0.0195. The van der Waals surface area contributed by atoms with Crippen molar-refractivity contribution in [2.24, 2.45) is 0 Å². The number of unbranched alkanes of at least 4 members (excludes halogenated alkanes) is 59. The summed E-state index contributed by atoms with van der Waals surface area (Å²) in [6, 6.07) is -0.804. The number of aliphatic hydroxyl groups is 5. The molecule has 11 heteroatoms. The van der Waals surface area contributed by atoms with E-state index < -0.39 is 49.5 Å². The van der Waals surface area contributed by atoms with Gasteiger partial charge in [0.2, 0.25) is 5.91 Å². The van der Waals surface area contributed by atoms with Crippen molar-refractivity contribution in [2.45, 2.75) is 468 Å². The largest absolute Gasteiger partial charge is 0.466 e. The Hall–Kier alpha value is -1.60. The Balaban J connectivity index is 1.84. The van der Waals surface area contributed by atoms with E-state index in [4.69, 9.17) is 14.2 Å². The Morgan fingerprint density at radius 2 is 0.692 bits per heavy atom. The van der Waals surface area contributed by atoms with E-state index in [0.29, 0.717) is 19.4 Å². The van der Waals surface area contributed by atoms with Gasteiger partial charge in [-0.05, 0) is 32.1 Å². The first-order valence-corrected chi connectivity index (χ1v) is 40.5. The smallest absolute Gasteiger partial charge is 0.305 e. The molecule has 0 spiro atoms. The Labute approximate surface area is 563 Å². The third-order valence-corrected chi connectivity index (χ3v) is 19.7. The van der Waals surface area contributed by atoms with Crippen LogP contribution in [0.2, 0.25) is 0 Å². The number of rotatable bonds is 73. The van der Waals surface area contributed by atoms with Crippen LogP contribution in [0.5, 0.6) is 0 Å². The Morgan fingerprint density at radius 1 is 0.396 bits per heavy atom. The molecule has 0 aliphatic carbocycles. The molecule has 0 radical (unpaired) electrons. The second-order valence-electron chi connectivity index (χ2n) is 28.5. The molecule has 1 amide bonds. The van der Waals surface area contributed by atoms with Gasteiger partial charge in [-0.1, -0.05) is 392 Å². The summed E-state index contributed by atoms with van der Waals surface area (Å²) in [4.78, 5) is 25.2. The van der Waals surface area contributed by atoms with Gasteiger partial charge in [-0.25, -0.2) is 0 Å². The second-order valence-corrected chi connectivity index (χ2v) is 28.5. The topological polar surface area (TPSA) is 175 Å². The summed E-state index contributed by atoms with van der Waals surface area (Å²) in [6.45, 7) is 4.39. The lowest BCUT2D eigenvalue weighted by Crippen LogP contribution is -2.60. The fourth-order valence-electron chi connectivity index (χ4n) is 13.3. The zero-order valence-corrected chi connectivity index (χ0v) is 60.3. The maximum atomic E-state index is 13.0. The molecule has 0 saturated carbocycles. The van der Waals surface area contributed by atoms with Gasteiger partial charge in [0.15, 0.2) is 6.29 Å².